The van der Waals surface area contributed by atoms with Crippen LogP contribution in [0.25, 0.3) is 5.69 Å². The molecule has 1 aliphatic rings. The summed E-state index contributed by atoms with van der Waals surface area (Å²) in [7, 11) is 0. The molecule has 23 heavy (non-hydrogen) atoms. The molecule has 1 atom stereocenters. The van der Waals surface area contributed by atoms with E-state index >= 15 is 0 Å². The molecule has 0 radical (unpaired) electrons. The lowest BCUT2D eigenvalue weighted by atomic mass is 10.0. The molecule has 0 bridgehead atoms. The molecule has 0 saturated heterocycles. The van der Waals surface area contributed by atoms with E-state index < -0.39 is 0 Å². The Labute approximate surface area is 138 Å². The van der Waals surface area contributed by atoms with Crippen molar-refractivity contribution in [2.75, 3.05) is 6.54 Å². The zero-order chi connectivity index (χ0) is 15.8. The Balaban J connectivity index is 1.60. The van der Waals surface area contributed by atoms with E-state index in [9.17, 15) is 4.79 Å². The summed E-state index contributed by atoms with van der Waals surface area (Å²) >= 11 is 1.77. The minimum atomic E-state index is -0.0588. The minimum Gasteiger partial charge on any atom is -0.330 e. The van der Waals surface area contributed by atoms with Crippen molar-refractivity contribution >= 4 is 17.2 Å². The Morgan fingerprint density at radius 2 is 2.09 bits per heavy atom. The highest BCUT2D eigenvalue weighted by Gasteiger charge is 2.30. The summed E-state index contributed by atoms with van der Waals surface area (Å²) in [5, 5.41) is 10.7. The third kappa shape index (κ3) is 2.45. The van der Waals surface area contributed by atoms with Crippen molar-refractivity contribution in [1.82, 2.24) is 19.9 Å². The number of thiophene rings is 1. The second-order valence-corrected chi connectivity index (χ2v) is 6.58. The number of carbonyl (C=O) groups is 1. The van der Waals surface area contributed by atoms with Gasteiger partial charge in [-0.2, -0.15) is 9.90 Å². The first-order chi connectivity index (χ1) is 11.2. The number of hydrogen-bond acceptors (Lipinski definition) is 4. The lowest BCUT2D eigenvalue weighted by Crippen LogP contribution is -2.38. The number of amides is 1. The smallest absolute Gasteiger partial charge is 0.276 e. The number of fused-ring (bicyclic) bond motifs is 1. The zero-order valence-corrected chi connectivity index (χ0v) is 13.5. The summed E-state index contributed by atoms with van der Waals surface area (Å²) in [4.78, 5) is 17.6. The van der Waals surface area contributed by atoms with Crippen LogP contribution in [0.15, 0.2) is 48.0 Å². The summed E-state index contributed by atoms with van der Waals surface area (Å²) < 4.78 is 0. The molecule has 4 rings (SSSR count). The monoisotopic (exact) mass is 324 g/mol. The van der Waals surface area contributed by atoms with E-state index in [1.54, 1.807) is 17.5 Å². The number of rotatable bonds is 2. The standard InChI is InChI=1S/C17H16N4OS/c1-12-14-8-10-23-16(14)7-9-20(12)17(22)15-11-18-21(19-15)13-5-3-2-4-6-13/h2-6,8,10-12H,7,9H2,1H3/t12-/m1/s1. The van der Waals surface area contributed by atoms with Crippen LogP contribution >= 0.6 is 11.3 Å². The molecule has 3 aromatic rings. The molecule has 1 aliphatic heterocycles. The minimum absolute atomic E-state index is 0.0588. The van der Waals surface area contributed by atoms with Crippen molar-refractivity contribution in [2.24, 2.45) is 0 Å². The normalized spacial score (nSPS) is 17.1. The fourth-order valence-corrected chi connectivity index (χ4v) is 3.94. The van der Waals surface area contributed by atoms with Crippen LogP contribution in [0.4, 0.5) is 0 Å². The highest BCUT2D eigenvalue weighted by Crippen LogP contribution is 2.33. The van der Waals surface area contributed by atoms with Crippen LogP contribution < -0.4 is 0 Å². The van der Waals surface area contributed by atoms with Crippen molar-refractivity contribution in [3.63, 3.8) is 0 Å². The van der Waals surface area contributed by atoms with E-state index in [4.69, 9.17) is 0 Å². The van der Waals surface area contributed by atoms with Gasteiger partial charge in [-0.1, -0.05) is 18.2 Å². The lowest BCUT2D eigenvalue weighted by Gasteiger charge is -2.33. The SMILES string of the molecule is C[C@@H]1c2ccsc2CCN1C(=O)c1cnn(-c2ccccc2)n1. The van der Waals surface area contributed by atoms with Gasteiger partial charge in [-0.05, 0) is 42.5 Å². The molecular weight excluding hydrogens is 308 g/mol. The highest BCUT2D eigenvalue weighted by atomic mass is 32.1. The van der Waals surface area contributed by atoms with Gasteiger partial charge in [0.2, 0.25) is 0 Å². The number of carbonyl (C=O) groups excluding carboxylic acids is 1. The molecule has 0 N–H and O–H groups in total. The van der Waals surface area contributed by atoms with E-state index in [0.29, 0.717) is 5.69 Å². The second-order valence-electron chi connectivity index (χ2n) is 5.58. The Morgan fingerprint density at radius 1 is 1.26 bits per heavy atom. The molecule has 2 aromatic heterocycles. The highest BCUT2D eigenvalue weighted by molar-refractivity contribution is 7.10. The summed E-state index contributed by atoms with van der Waals surface area (Å²) in [5.41, 5.74) is 2.49. The average molecular weight is 324 g/mol. The predicted molar refractivity (Wildman–Crippen MR) is 88.8 cm³/mol. The van der Waals surface area contributed by atoms with Gasteiger partial charge in [0.15, 0.2) is 5.69 Å². The maximum Gasteiger partial charge on any atom is 0.276 e. The molecular formula is C17H16N4OS. The average Bonchev–Trinajstić information content (AvgIpc) is 3.25. The van der Waals surface area contributed by atoms with Crippen LogP contribution in [0.2, 0.25) is 0 Å². The summed E-state index contributed by atoms with van der Waals surface area (Å²) in [5.74, 6) is -0.0588. The van der Waals surface area contributed by atoms with Gasteiger partial charge >= 0.3 is 0 Å². The number of para-hydroxylation sites is 1. The van der Waals surface area contributed by atoms with E-state index in [0.717, 1.165) is 18.7 Å². The predicted octanol–water partition coefficient (Wildman–Crippen LogP) is 3.09. The number of hydrogen-bond donors (Lipinski definition) is 0. The maximum atomic E-state index is 12.8. The summed E-state index contributed by atoms with van der Waals surface area (Å²) in [6.45, 7) is 2.80. The topological polar surface area (TPSA) is 51.0 Å². The molecule has 6 heteroatoms. The van der Waals surface area contributed by atoms with Crippen LogP contribution in [0.3, 0.4) is 0 Å². The first-order valence-corrected chi connectivity index (χ1v) is 8.47. The first kappa shape index (κ1) is 14.1. The molecule has 1 amide bonds. The maximum absolute atomic E-state index is 12.8. The second kappa shape index (κ2) is 5.62. The van der Waals surface area contributed by atoms with E-state index in [1.165, 1.54) is 15.2 Å². The Bertz CT molecular complexity index is 839. The Hall–Kier alpha value is -2.47. The van der Waals surface area contributed by atoms with Crippen molar-refractivity contribution in [3.05, 3.63) is 64.1 Å². The molecule has 0 unspecified atom stereocenters. The summed E-state index contributed by atoms with van der Waals surface area (Å²) in [6, 6.07) is 11.8. The fourth-order valence-electron chi connectivity index (χ4n) is 2.98. The van der Waals surface area contributed by atoms with Gasteiger partial charge < -0.3 is 4.90 Å². The van der Waals surface area contributed by atoms with Crippen LogP contribution in [0.1, 0.15) is 33.9 Å². The molecule has 1 aromatic carbocycles. The van der Waals surface area contributed by atoms with Gasteiger partial charge in [-0.25, -0.2) is 0 Å². The molecule has 0 fully saturated rings. The lowest BCUT2D eigenvalue weighted by molar-refractivity contribution is 0.0673. The first-order valence-electron chi connectivity index (χ1n) is 7.59. The van der Waals surface area contributed by atoms with Gasteiger partial charge in [0, 0.05) is 11.4 Å². The number of benzene rings is 1. The molecule has 0 saturated carbocycles. The van der Waals surface area contributed by atoms with Crippen molar-refractivity contribution in [3.8, 4) is 5.69 Å². The van der Waals surface area contributed by atoms with E-state index in [2.05, 4.69) is 28.6 Å². The Kier molecular flexibility index (Phi) is 3.46. The van der Waals surface area contributed by atoms with E-state index in [-0.39, 0.29) is 11.9 Å². The molecule has 116 valence electrons. The van der Waals surface area contributed by atoms with Crippen molar-refractivity contribution in [2.45, 2.75) is 19.4 Å². The van der Waals surface area contributed by atoms with Crippen LogP contribution in [-0.4, -0.2) is 32.3 Å². The third-order valence-electron chi connectivity index (χ3n) is 4.24. The summed E-state index contributed by atoms with van der Waals surface area (Å²) in [6.07, 6.45) is 2.46. The Morgan fingerprint density at radius 3 is 2.91 bits per heavy atom. The van der Waals surface area contributed by atoms with Gasteiger partial charge in [-0.15, -0.1) is 16.4 Å². The van der Waals surface area contributed by atoms with Gasteiger partial charge in [0.25, 0.3) is 5.91 Å². The molecule has 3 heterocycles. The number of aromatic nitrogens is 3. The molecule has 0 spiro atoms. The van der Waals surface area contributed by atoms with Crippen LogP contribution in [0, 0.1) is 0 Å². The fraction of sp³-hybridized carbons (Fsp3) is 0.235. The third-order valence-corrected chi connectivity index (χ3v) is 5.23. The van der Waals surface area contributed by atoms with Gasteiger partial charge in [0.1, 0.15) is 0 Å². The zero-order valence-electron chi connectivity index (χ0n) is 12.7. The van der Waals surface area contributed by atoms with E-state index in [1.807, 2.05) is 35.2 Å². The number of nitrogens with zero attached hydrogens (tertiary/aromatic N) is 4. The quantitative estimate of drug-likeness (QED) is 0.728. The van der Waals surface area contributed by atoms with Crippen LogP contribution in [-0.2, 0) is 6.42 Å². The van der Waals surface area contributed by atoms with Crippen molar-refractivity contribution < 1.29 is 4.79 Å². The molecule has 5 nitrogen and oxygen atoms in total. The largest absolute Gasteiger partial charge is 0.330 e. The van der Waals surface area contributed by atoms with Crippen LogP contribution in [0.5, 0.6) is 0 Å². The van der Waals surface area contributed by atoms with Crippen molar-refractivity contribution in [1.29, 1.82) is 0 Å². The molecule has 0 aliphatic carbocycles. The van der Waals surface area contributed by atoms with Gasteiger partial charge in [0.05, 0.1) is 17.9 Å². The van der Waals surface area contributed by atoms with Gasteiger partial charge in [-0.3, -0.25) is 4.79 Å².